The van der Waals surface area contributed by atoms with Crippen molar-refractivity contribution in [3.63, 3.8) is 0 Å². The molecule has 12 heavy (non-hydrogen) atoms. The Hall–Kier alpha value is -0.540. The van der Waals surface area contributed by atoms with E-state index in [-0.39, 0.29) is 0 Å². The van der Waals surface area contributed by atoms with Crippen LogP contribution in [0.4, 0.5) is 0 Å². The second-order valence-corrected chi connectivity index (χ2v) is 3.87. The largest absolute Gasteiger partial charge is 0.387 e. The van der Waals surface area contributed by atoms with Gasteiger partial charge >= 0.3 is 0 Å². The molecule has 0 spiro atoms. The predicted molar refractivity (Wildman–Crippen MR) is 51.3 cm³/mol. The maximum Gasteiger partial charge on any atom is 0.0931 e. The molecule has 0 aromatic carbocycles. The van der Waals surface area contributed by atoms with Crippen LogP contribution in [0.1, 0.15) is 25.6 Å². The zero-order valence-electron chi connectivity index (χ0n) is 7.32. The number of hydrogen-bond acceptors (Lipinski definition) is 3. The van der Waals surface area contributed by atoms with E-state index >= 15 is 0 Å². The van der Waals surface area contributed by atoms with Gasteiger partial charge in [0.15, 0.2) is 0 Å². The normalized spacial score (nSPS) is 12.9. The average Bonchev–Trinajstić information content (AvgIpc) is 2.06. The summed E-state index contributed by atoms with van der Waals surface area (Å²) in [5.74, 6) is 1.05. The van der Waals surface area contributed by atoms with Gasteiger partial charge in [0, 0.05) is 11.1 Å². The highest BCUT2D eigenvalue weighted by molar-refractivity contribution is 7.99. The first-order chi connectivity index (χ1) is 5.74. The molecule has 0 bridgehead atoms. The van der Waals surface area contributed by atoms with Gasteiger partial charge in [-0.1, -0.05) is 6.92 Å². The summed E-state index contributed by atoms with van der Waals surface area (Å²) in [5, 5.41) is 9.18. The number of hydrogen-bond donors (Lipinski definition) is 1. The van der Waals surface area contributed by atoms with Crippen molar-refractivity contribution in [3.8, 4) is 0 Å². The molecule has 1 aromatic rings. The van der Waals surface area contributed by atoms with Gasteiger partial charge in [-0.05, 0) is 24.8 Å². The Bertz CT molecular complexity index is 233. The summed E-state index contributed by atoms with van der Waals surface area (Å²) >= 11 is 1.75. The van der Waals surface area contributed by atoms with Gasteiger partial charge in [0.1, 0.15) is 0 Å². The van der Waals surface area contributed by atoms with E-state index in [2.05, 4.69) is 11.9 Å². The molecule has 0 aliphatic heterocycles. The summed E-state index contributed by atoms with van der Waals surface area (Å²) in [6.45, 7) is 3.82. The second kappa shape index (κ2) is 4.48. The molecule has 0 radical (unpaired) electrons. The van der Waals surface area contributed by atoms with Gasteiger partial charge in [-0.3, -0.25) is 4.98 Å². The summed E-state index contributed by atoms with van der Waals surface area (Å²) < 4.78 is 0. The molecule has 0 unspecified atom stereocenters. The van der Waals surface area contributed by atoms with Gasteiger partial charge in [-0.15, -0.1) is 11.8 Å². The smallest absolute Gasteiger partial charge is 0.0931 e. The van der Waals surface area contributed by atoms with Crippen LogP contribution in [0.3, 0.4) is 0 Å². The van der Waals surface area contributed by atoms with Crippen molar-refractivity contribution in [3.05, 3.63) is 24.0 Å². The maximum atomic E-state index is 9.18. The third-order valence-electron chi connectivity index (χ3n) is 1.50. The number of aliphatic hydroxyl groups excluding tert-OH is 1. The van der Waals surface area contributed by atoms with Crippen molar-refractivity contribution in [1.29, 1.82) is 0 Å². The van der Waals surface area contributed by atoms with Crippen molar-refractivity contribution in [2.45, 2.75) is 24.8 Å². The zero-order valence-corrected chi connectivity index (χ0v) is 8.14. The first-order valence-corrected chi connectivity index (χ1v) is 4.99. The van der Waals surface area contributed by atoms with Gasteiger partial charge in [-0.25, -0.2) is 0 Å². The Kier molecular flexibility index (Phi) is 3.56. The highest BCUT2D eigenvalue weighted by Gasteiger charge is 2.00. The zero-order chi connectivity index (χ0) is 8.97. The van der Waals surface area contributed by atoms with Gasteiger partial charge in [-0.2, -0.15) is 0 Å². The second-order valence-electron chi connectivity index (χ2n) is 2.53. The molecule has 66 valence electrons. The third-order valence-corrected chi connectivity index (χ3v) is 2.36. The molecule has 0 aliphatic rings. The van der Waals surface area contributed by atoms with Gasteiger partial charge in [0.2, 0.25) is 0 Å². The summed E-state index contributed by atoms with van der Waals surface area (Å²) in [4.78, 5) is 5.28. The van der Waals surface area contributed by atoms with Crippen LogP contribution in [-0.4, -0.2) is 15.8 Å². The minimum atomic E-state index is -0.467. The van der Waals surface area contributed by atoms with Gasteiger partial charge in [0.25, 0.3) is 0 Å². The molecule has 3 heteroatoms. The fraction of sp³-hybridized carbons (Fsp3) is 0.444. The number of nitrogens with zero attached hydrogens (tertiary/aromatic N) is 1. The van der Waals surface area contributed by atoms with Gasteiger partial charge in [0.05, 0.1) is 11.8 Å². The number of rotatable bonds is 3. The average molecular weight is 183 g/mol. The number of thioether (sulfide) groups is 1. The van der Waals surface area contributed by atoms with E-state index < -0.39 is 6.10 Å². The lowest BCUT2D eigenvalue weighted by Crippen LogP contribution is -1.94. The molecule has 0 aliphatic carbocycles. The first-order valence-electron chi connectivity index (χ1n) is 4.01. The molecule has 1 aromatic heterocycles. The Balaban J connectivity index is 2.71. The minimum Gasteiger partial charge on any atom is -0.387 e. The minimum absolute atomic E-state index is 0.467. The monoisotopic (exact) mass is 183 g/mol. The molecule has 1 rings (SSSR count). The summed E-state index contributed by atoms with van der Waals surface area (Å²) in [6.07, 6.45) is 1.33. The summed E-state index contributed by atoms with van der Waals surface area (Å²) in [5.41, 5.74) is 0.732. The van der Waals surface area contributed by atoms with Gasteiger partial charge < -0.3 is 5.11 Å². The number of pyridine rings is 1. The molecule has 0 fully saturated rings. The standard InChI is InChI=1S/C9H13NOS/c1-3-12-8-4-5-9(7(2)11)10-6-8/h4-7,11H,3H2,1-2H3/t7-/m0/s1. The molecule has 1 heterocycles. The van der Waals surface area contributed by atoms with E-state index in [1.807, 2.05) is 12.1 Å². The van der Waals surface area contributed by atoms with Crippen LogP contribution in [0.25, 0.3) is 0 Å². The quantitative estimate of drug-likeness (QED) is 0.730. The highest BCUT2D eigenvalue weighted by atomic mass is 32.2. The van der Waals surface area contributed by atoms with Crippen molar-refractivity contribution < 1.29 is 5.11 Å². The molecule has 0 saturated heterocycles. The van der Waals surface area contributed by atoms with Crippen LogP contribution in [-0.2, 0) is 0 Å². The molecule has 0 saturated carbocycles. The van der Waals surface area contributed by atoms with Crippen molar-refractivity contribution >= 4 is 11.8 Å². The molecule has 2 nitrogen and oxygen atoms in total. The Morgan fingerprint density at radius 2 is 2.33 bits per heavy atom. The third kappa shape index (κ3) is 2.50. The van der Waals surface area contributed by atoms with E-state index in [0.717, 1.165) is 16.3 Å². The van der Waals surface area contributed by atoms with E-state index in [9.17, 15) is 5.11 Å². The summed E-state index contributed by atoms with van der Waals surface area (Å²) in [7, 11) is 0. The van der Waals surface area contributed by atoms with Crippen LogP contribution < -0.4 is 0 Å². The van der Waals surface area contributed by atoms with E-state index in [4.69, 9.17) is 0 Å². The molecule has 0 amide bonds. The summed E-state index contributed by atoms with van der Waals surface area (Å²) in [6, 6.07) is 3.85. The Morgan fingerprint density at radius 1 is 1.58 bits per heavy atom. The lowest BCUT2D eigenvalue weighted by Gasteiger charge is -2.03. The van der Waals surface area contributed by atoms with Crippen LogP contribution >= 0.6 is 11.8 Å². The molecule has 1 N–H and O–H groups in total. The lowest BCUT2D eigenvalue weighted by molar-refractivity contribution is 0.194. The van der Waals surface area contributed by atoms with E-state index in [1.54, 1.807) is 24.9 Å². The van der Waals surface area contributed by atoms with Crippen molar-refractivity contribution in [2.75, 3.05) is 5.75 Å². The fourth-order valence-electron chi connectivity index (χ4n) is 0.891. The van der Waals surface area contributed by atoms with Crippen LogP contribution in [0.15, 0.2) is 23.2 Å². The molecule has 1 atom stereocenters. The Labute approximate surface area is 77.0 Å². The fourth-order valence-corrected chi connectivity index (χ4v) is 1.52. The molecular weight excluding hydrogens is 170 g/mol. The highest BCUT2D eigenvalue weighted by Crippen LogP contribution is 2.17. The van der Waals surface area contributed by atoms with Crippen LogP contribution in [0, 0.1) is 0 Å². The van der Waals surface area contributed by atoms with E-state index in [1.165, 1.54) is 0 Å². The number of aliphatic hydroxyl groups is 1. The topological polar surface area (TPSA) is 33.1 Å². The van der Waals surface area contributed by atoms with E-state index in [0.29, 0.717) is 0 Å². The lowest BCUT2D eigenvalue weighted by atomic mass is 10.2. The van der Waals surface area contributed by atoms with Crippen LogP contribution in [0.2, 0.25) is 0 Å². The van der Waals surface area contributed by atoms with Crippen molar-refractivity contribution in [1.82, 2.24) is 4.98 Å². The first kappa shape index (κ1) is 9.55. The predicted octanol–water partition coefficient (Wildman–Crippen LogP) is 2.25. The van der Waals surface area contributed by atoms with Crippen molar-refractivity contribution in [2.24, 2.45) is 0 Å². The Morgan fingerprint density at radius 3 is 2.75 bits per heavy atom. The van der Waals surface area contributed by atoms with Crippen LogP contribution in [0.5, 0.6) is 0 Å². The SMILES string of the molecule is CCSc1ccc([C@H](C)O)nc1. The maximum absolute atomic E-state index is 9.18. The number of aromatic nitrogens is 1. The molecular formula is C9H13NOS.